The quantitative estimate of drug-likeness (QED) is 0.504. The smallest absolute Gasteiger partial charge is 0.276 e. The van der Waals surface area contributed by atoms with Crippen molar-refractivity contribution in [1.82, 2.24) is 20.4 Å². The number of amides is 2. The van der Waals surface area contributed by atoms with E-state index in [1.807, 2.05) is 31.3 Å². The molecule has 1 aliphatic heterocycles. The number of nitrogens with zero attached hydrogens (tertiary/aromatic N) is 4. The number of hydrogen-bond acceptors (Lipinski definition) is 6. The molecule has 4 rings (SSSR count). The van der Waals surface area contributed by atoms with E-state index in [0.717, 1.165) is 27.9 Å². The number of pyridine rings is 1. The van der Waals surface area contributed by atoms with Gasteiger partial charge in [0.2, 0.25) is 11.6 Å². The molecule has 194 valence electrons. The first-order valence-corrected chi connectivity index (χ1v) is 12.2. The van der Waals surface area contributed by atoms with E-state index < -0.39 is 17.1 Å². The highest BCUT2D eigenvalue weighted by molar-refractivity contribution is 5.92. The van der Waals surface area contributed by atoms with Crippen LogP contribution in [0.2, 0.25) is 0 Å². The zero-order valence-electron chi connectivity index (χ0n) is 21.7. The summed E-state index contributed by atoms with van der Waals surface area (Å²) in [6, 6.07) is 7.99. The van der Waals surface area contributed by atoms with Gasteiger partial charge in [-0.15, -0.1) is 0 Å². The van der Waals surface area contributed by atoms with Gasteiger partial charge >= 0.3 is 0 Å². The number of hydrogen-bond donors (Lipinski definition) is 1. The van der Waals surface area contributed by atoms with Crippen LogP contribution in [0.3, 0.4) is 0 Å². The third-order valence-electron chi connectivity index (χ3n) is 6.53. The Morgan fingerprint density at radius 3 is 2.54 bits per heavy atom. The van der Waals surface area contributed by atoms with Gasteiger partial charge in [0.05, 0.1) is 11.9 Å². The van der Waals surface area contributed by atoms with Gasteiger partial charge < -0.3 is 19.6 Å². The second kappa shape index (κ2) is 10.5. The summed E-state index contributed by atoms with van der Waals surface area (Å²) in [4.78, 5) is 32.8. The topological polar surface area (TPSA) is 91.6 Å². The minimum absolute atomic E-state index is 0.0507. The molecule has 1 saturated heterocycles. The molecule has 2 aromatic heterocycles. The van der Waals surface area contributed by atoms with Gasteiger partial charge in [-0.2, -0.15) is 0 Å². The van der Waals surface area contributed by atoms with Gasteiger partial charge in [-0.3, -0.25) is 14.6 Å². The van der Waals surface area contributed by atoms with Gasteiger partial charge in [0.15, 0.2) is 11.6 Å². The molecule has 0 atom stereocenters. The lowest BCUT2D eigenvalue weighted by molar-refractivity contribution is -0.126. The van der Waals surface area contributed by atoms with E-state index in [-0.39, 0.29) is 23.9 Å². The van der Waals surface area contributed by atoms with Crippen molar-refractivity contribution in [2.24, 2.45) is 0 Å². The first kappa shape index (κ1) is 26.1. The molecule has 1 N–H and O–H groups in total. The molecule has 8 nitrogen and oxygen atoms in total. The van der Waals surface area contributed by atoms with Crippen LogP contribution in [0.1, 0.15) is 48.1 Å². The van der Waals surface area contributed by atoms with Crippen molar-refractivity contribution >= 4 is 17.5 Å². The average molecular weight is 506 g/mol. The van der Waals surface area contributed by atoms with Crippen molar-refractivity contribution < 1.29 is 18.5 Å². The summed E-state index contributed by atoms with van der Waals surface area (Å²) in [5.41, 5.74) is 4.02. The third-order valence-corrected chi connectivity index (χ3v) is 6.53. The van der Waals surface area contributed by atoms with Gasteiger partial charge in [0.25, 0.3) is 5.91 Å². The van der Waals surface area contributed by atoms with Crippen molar-refractivity contribution in [1.29, 1.82) is 0 Å². The molecule has 0 spiro atoms. The first-order valence-electron chi connectivity index (χ1n) is 12.2. The number of carbonyl (C=O) groups excluding carboxylic acids is 2. The van der Waals surface area contributed by atoms with Crippen LogP contribution in [0.5, 0.6) is 0 Å². The number of aryl methyl sites for hydroxylation is 1. The van der Waals surface area contributed by atoms with E-state index in [1.165, 1.54) is 6.08 Å². The summed E-state index contributed by atoms with van der Waals surface area (Å²) in [5, 5.41) is 6.39. The molecular weight excluding hydrogens is 473 g/mol. The van der Waals surface area contributed by atoms with Crippen LogP contribution in [0.4, 0.5) is 10.1 Å². The number of anilines is 1. The number of rotatable bonds is 6. The van der Waals surface area contributed by atoms with Crippen molar-refractivity contribution in [2.75, 3.05) is 31.1 Å². The maximum Gasteiger partial charge on any atom is 0.276 e. The van der Waals surface area contributed by atoms with Gasteiger partial charge in [0.1, 0.15) is 0 Å². The molecule has 2 amide bonds. The first-order chi connectivity index (χ1) is 17.6. The Bertz CT molecular complexity index is 1320. The van der Waals surface area contributed by atoms with Crippen LogP contribution >= 0.6 is 0 Å². The third kappa shape index (κ3) is 5.55. The summed E-state index contributed by atoms with van der Waals surface area (Å²) in [7, 11) is 0. The lowest BCUT2D eigenvalue weighted by atomic mass is 9.92. The van der Waals surface area contributed by atoms with Crippen LogP contribution in [0, 0.1) is 12.7 Å². The number of benzene rings is 1. The normalized spacial score (nSPS) is 14.0. The highest BCUT2D eigenvalue weighted by Gasteiger charge is 2.30. The maximum atomic E-state index is 14.6. The summed E-state index contributed by atoms with van der Waals surface area (Å²) in [6.45, 7) is 13.8. The van der Waals surface area contributed by atoms with Gasteiger partial charge in [-0.1, -0.05) is 50.7 Å². The van der Waals surface area contributed by atoms with Crippen molar-refractivity contribution in [2.45, 2.75) is 39.7 Å². The van der Waals surface area contributed by atoms with Crippen LogP contribution in [-0.4, -0.2) is 53.0 Å². The molecule has 0 bridgehead atoms. The molecule has 0 aliphatic carbocycles. The van der Waals surface area contributed by atoms with E-state index in [0.29, 0.717) is 26.2 Å². The minimum atomic E-state index is -0.725. The minimum Gasteiger partial charge on any atom is -0.366 e. The lowest BCUT2D eigenvalue weighted by Crippen LogP contribution is -2.48. The molecule has 0 radical (unpaired) electrons. The summed E-state index contributed by atoms with van der Waals surface area (Å²) < 4.78 is 19.7. The predicted molar refractivity (Wildman–Crippen MR) is 140 cm³/mol. The van der Waals surface area contributed by atoms with Crippen molar-refractivity contribution in [3.8, 4) is 11.1 Å². The number of aromatic nitrogens is 2. The SMILES string of the molecule is C=CC(=O)N1CCN(c2cnccc2-c2ccc(CNC(=O)c3noc(C(C)(C)C)c3F)c(C)c2)CC1. The van der Waals surface area contributed by atoms with Crippen molar-refractivity contribution in [3.05, 3.63) is 77.7 Å². The Hall–Kier alpha value is -4.01. The van der Waals surface area contributed by atoms with Gasteiger partial charge in [-0.05, 0) is 35.8 Å². The van der Waals surface area contributed by atoms with E-state index >= 15 is 0 Å². The molecule has 1 fully saturated rings. The Labute approximate surface area is 216 Å². The molecule has 0 saturated carbocycles. The fourth-order valence-electron chi connectivity index (χ4n) is 4.39. The lowest BCUT2D eigenvalue weighted by Gasteiger charge is -2.36. The zero-order chi connectivity index (χ0) is 26.7. The fourth-order valence-corrected chi connectivity index (χ4v) is 4.39. The number of nitrogens with one attached hydrogen (secondary N) is 1. The monoisotopic (exact) mass is 505 g/mol. The Balaban J connectivity index is 1.47. The highest BCUT2D eigenvalue weighted by Crippen LogP contribution is 2.32. The number of carbonyl (C=O) groups is 2. The molecule has 1 aliphatic rings. The summed E-state index contributed by atoms with van der Waals surface area (Å²) >= 11 is 0. The Kier molecular flexibility index (Phi) is 7.42. The molecule has 37 heavy (non-hydrogen) atoms. The number of halogens is 1. The van der Waals surface area contributed by atoms with Crippen LogP contribution in [0.15, 0.2) is 53.8 Å². The molecule has 3 heterocycles. The second-order valence-corrected chi connectivity index (χ2v) is 10.2. The summed E-state index contributed by atoms with van der Waals surface area (Å²) in [5.74, 6) is -1.34. The average Bonchev–Trinajstić information content (AvgIpc) is 3.29. The highest BCUT2D eigenvalue weighted by atomic mass is 19.1. The Morgan fingerprint density at radius 1 is 1.19 bits per heavy atom. The van der Waals surface area contributed by atoms with Crippen LogP contribution < -0.4 is 10.2 Å². The van der Waals surface area contributed by atoms with Gasteiger partial charge in [-0.25, -0.2) is 4.39 Å². The number of piperazine rings is 1. The molecular formula is C28H32FN5O3. The predicted octanol–water partition coefficient (Wildman–Crippen LogP) is 4.25. The molecule has 1 aromatic carbocycles. The maximum absolute atomic E-state index is 14.6. The van der Waals surface area contributed by atoms with E-state index in [4.69, 9.17) is 4.52 Å². The molecule has 0 unspecified atom stereocenters. The van der Waals surface area contributed by atoms with E-state index in [1.54, 1.807) is 31.9 Å². The largest absolute Gasteiger partial charge is 0.366 e. The van der Waals surface area contributed by atoms with E-state index in [2.05, 4.69) is 33.0 Å². The fraction of sp³-hybridized carbons (Fsp3) is 0.357. The van der Waals surface area contributed by atoms with Gasteiger partial charge in [0, 0.05) is 49.9 Å². The second-order valence-electron chi connectivity index (χ2n) is 10.2. The Morgan fingerprint density at radius 2 is 1.92 bits per heavy atom. The van der Waals surface area contributed by atoms with Crippen LogP contribution in [-0.2, 0) is 16.8 Å². The molecule has 3 aromatic rings. The summed E-state index contributed by atoms with van der Waals surface area (Å²) in [6.07, 6.45) is 4.96. The van der Waals surface area contributed by atoms with Crippen LogP contribution in [0.25, 0.3) is 11.1 Å². The standard InChI is InChI=1S/C28H32FN5O3/c1-6-23(35)34-13-11-33(12-14-34)22-17-30-10-9-21(22)19-7-8-20(18(2)15-19)16-31-27(36)25-24(29)26(37-32-25)28(3,4)5/h6-10,15,17H,1,11-14,16H2,2-5H3,(H,31,36). The van der Waals surface area contributed by atoms with Crippen molar-refractivity contribution in [3.63, 3.8) is 0 Å². The zero-order valence-corrected chi connectivity index (χ0v) is 21.7. The van der Waals surface area contributed by atoms with E-state index in [9.17, 15) is 14.0 Å². The molecule has 9 heteroatoms.